The zero-order valence-corrected chi connectivity index (χ0v) is 10.8. The SMILES string of the molecule is Cc1ccc(CC(C(=O)O)C2C=CCCC2)cc1. The van der Waals surface area contributed by atoms with Crippen LogP contribution in [0.25, 0.3) is 0 Å². The molecule has 0 saturated heterocycles. The monoisotopic (exact) mass is 244 g/mol. The molecule has 1 aliphatic carbocycles. The molecule has 1 aromatic carbocycles. The molecule has 18 heavy (non-hydrogen) atoms. The van der Waals surface area contributed by atoms with Crippen LogP contribution in [0.3, 0.4) is 0 Å². The number of aliphatic carboxylic acids is 1. The Kier molecular flexibility index (Phi) is 4.19. The average Bonchev–Trinajstić information content (AvgIpc) is 2.38. The Hall–Kier alpha value is -1.57. The largest absolute Gasteiger partial charge is 0.481 e. The summed E-state index contributed by atoms with van der Waals surface area (Å²) in [6, 6.07) is 8.17. The van der Waals surface area contributed by atoms with Crippen LogP contribution in [0.5, 0.6) is 0 Å². The average molecular weight is 244 g/mol. The molecule has 2 unspecified atom stereocenters. The fraction of sp³-hybridized carbons (Fsp3) is 0.438. The predicted octanol–water partition coefficient (Wildman–Crippen LogP) is 3.59. The van der Waals surface area contributed by atoms with Gasteiger partial charge in [0.1, 0.15) is 0 Å². The quantitative estimate of drug-likeness (QED) is 0.822. The van der Waals surface area contributed by atoms with Crippen LogP contribution in [0.2, 0.25) is 0 Å². The summed E-state index contributed by atoms with van der Waals surface area (Å²) in [5.41, 5.74) is 2.33. The summed E-state index contributed by atoms with van der Waals surface area (Å²) in [6.07, 6.45) is 8.05. The zero-order chi connectivity index (χ0) is 13.0. The Morgan fingerprint density at radius 1 is 1.39 bits per heavy atom. The predicted molar refractivity (Wildman–Crippen MR) is 72.5 cm³/mol. The normalized spacial score (nSPS) is 20.6. The Labute approximate surface area is 108 Å². The summed E-state index contributed by atoms with van der Waals surface area (Å²) in [5.74, 6) is -0.770. The van der Waals surface area contributed by atoms with Crippen LogP contribution in [0.1, 0.15) is 30.4 Å². The van der Waals surface area contributed by atoms with Gasteiger partial charge in [-0.1, -0.05) is 42.0 Å². The van der Waals surface area contributed by atoms with Crippen LogP contribution in [-0.2, 0) is 11.2 Å². The van der Waals surface area contributed by atoms with Crippen molar-refractivity contribution in [2.24, 2.45) is 11.8 Å². The molecule has 2 atom stereocenters. The second-order valence-corrected chi connectivity index (χ2v) is 5.16. The van der Waals surface area contributed by atoms with Crippen LogP contribution in [0.4, 0.5) is 0 Å². The highest BCUT2D eigenvalue weighted by Crippen LogP contribution is 2.27. The highest BCUT2D eigenvalue weighted by atomic mass is 16.4. The molecule has 0 fully saturated rings. The van der Waals surface area contributed by atoms with Gasteiger partial charge in [0, 0.05) is 0 Å². The minimum Gasteiger partial charge on any atom is -0.481 e. The van der Waals surface area contributed by atoms with Gasteiger partial charge in [-0.25, -0.2) is 0 Å². The van der Waals surface area contributed by atoms with Crippen molar-refractivity contribution >= 4 is 5.97 Å². The summed E-state index contributed by atoms with van der Waals surface area (Å²) < 4.78 is 0. The molecule has 2 rings (SSSR count). The zero-order valence-electron chi connectivity index (χ0n) is 10.8. The molecular formula is C16H20O2. The minimum absolute atomic E-state index is 0.192. The van der Waals surface area contributed by atoms with Crippen molar-refractivity contribution in [1.82, 2.24) is 0 Å². The molecule has 0 spiro atoms. The molecule has 0 saturated carbocycles. The lowest BCUT2D eigenvalue weighted by Gasteiger charge is -2.23. The number of rotatable bonds is 4. The Morgan fingerprint density at radius 3 is 2.67 bits per heavy atom. The molecule has 0 heterocycles. The van der Waals surface area contributed by atoms with E-state index in [1.54, 1.807) is 0 Å². The van der Waals surface area contributed by atoms with Gasteiger partial charge in [0.05, 0.1) is 5.92 Å². The molecule has 0 bridgehead atoms. The third-order valence-electron chi connectivity index (χ3n) is 3.70. The highest BCUT2D eigenvalue weighted by Gasteiger charge is 2.27. The van der Waals surface area contributed by atoms with Crippen molar-refractivity contribution < 1.29 is 9.90 Å². The molecule has 0 aromatic heterocycles. The molecule has 96 valence electrons. The maximum Gasteiger partial charge on any atom is 0.307 e. The molecule has 1 aliphatic rings. The van der Waals surface area contributed by atoms with Gasteiger partial charge in [-0.3, -0.25) is 4.79 Å². The van der Waals surface area contributed by atoms with E-state index >= 15 is 0 Å². The number of allylic oxidation sites excluding steroid dienone is 2. The summed E-state index contributed by atoms with van der Waals surface area (Å²) in [7, 11) is 0. The lowest BCUT2D eigenvalue weighted by atomic mass is 9.81. The first-order chi connectivity index (χ1) is 8.66. The summed E-state index contributed by atoms with van der Waals surface area (Å²) >= 11 is 0. The van der Waals surface area contributed by atoms with Crippen molar-refractivity contribution in [3.05, 3.63) is 47.5 Å². The maximum atomic E-state index is 11.4. The number of carboxylic acid groups (broad SMARTS) is 1. The van der Waals surface area contributed by atoms with Gasteiger partial charge in [-0.05, 0) is 44.1 Å². The Bertz CT molecular complexity index is 431. The first-order valence-corrected chi connectivity index (χ1v) is 6.62. The van der Waals surface area contributed by atoms with E-state index in [0.717, 1.165) is 24.8 Å². The third-order valence-corrected chi connectivity index (χ3v) is 3.70. The second-order valence-electron chi connectivity index (χ2n) is 5.16. The Balaban J connectivity index is 2.10. The van der Waals surface area contributed by atoms with E-state index in [4.69, 9.17) is 0 Å². The topological polar surface area (TPSA) is 37.3 Å². The summed E-state index contributed by atoms with van der Waals surface area (Å²) in [5, 5.41) is 9.41. The van der Waals surface area contributed by atoms with E-state index in [1.165, 1.54) is 5.56 Å². The van der Waals surface area contributed by atoms with E-state index in [1.807, 2.05) is 31.2 Å². The first-order valence-electron chi connectivity index (χ1n) is 6.62. The van der Waals surface area contributed by atoms with E-state index in [-0.39, 0.29) is 11.8 Å². The van der Waals surface area contributed by atoms with E-state index in [0.29, 0.717) is 6.42 Å². The van der Waals surface area contributed by atoms with Crippen molar-refractivity contribution in [2.75, 3.05) is 0 Å². The van der Waals surface area contributed by atoms with E-state index < -0.39 is 5.97 Å². The third kappa shape index (κ3) is 3.22. The number of carboxylic acids is 1. The van der Waals surface area contributed by atoms with Gasteiger partial charge in [-0.2, -0.15) is 0 Å². The maximum absolute atomic E-state index is 11.4. The van der Waals surface area contributed by atoms with Crippen LogP contribution in [0, 0.1) is 18.8 Å². The number of carbonyl (C=O) groups is 1. The summed E-state index contributed by atoms with van der Waals surface area (Å²) in [6.45, 7) is 2.04. The molecule has 2 nitrogen and oxygen atoms in total. The van der Waals surface area contributed by atoms with Crippen molar-refractivity contribution in [3.8, 4) is 0 Å². The Morgan fingerprint density at radius 2 is 2.11 bits per heavy atom. The number of hydrogen-bond donors (Lipinski definition) is 1. The summed E-state index contributed by atoms with van der Waals surface area (Å²) in [4.78, 5) is 11.4. The van der Waals surface area contributed by atoms with Gasteiger partial charge < -0.3 is 5.11 Å². The van der Waals surface area contributed by atoms with Gasteiger partial charge in [0.15, 0.2) is 0 Å². The van der Waals surface area contributed by atoms with Gasteiger partial charge >= 0.3 is 5.97 Å². The molecular weight excluding hydrogens is 224 g/mol. The fourth-order valence-electron chi connectivity index (χ4n) is 2.57. The van der Waals surface area contributed by atoms with Gasteiger partial charge in [0.2, 0.25) is 0 Å². The molecule has 0 radical (unpaired) electrons. The lowest BCUT2D eigenvalue weighted by Crippen LogP contribution is -2.25. The van der Waals surface area contributed by atoms with E-state index in [2.05, 4.69) is 12.2 Å². The van der Waals surface area contributed by atoms with E-state index in [9.17, 15) is 9.90 Å². The van der Waals surface area contributed by atoms with Crippen molar-refractivity contribution in [2.45, 2.75) is 32.6 Å². The molecule has 0 aliphatic heterocycles. The smallest absolute Gasteiger partial charge is 0.307 e. The number of aryl methyl sites for hydroxylation is 1. The van der Waals surface area contributed by atoms with Crippen molar-refractivity contribution in [3.63, 3.8) is 0 Å². The van der Waals surface area contributed by atoms with Crippen LogP contribution < -0.4 is 0 Å². The molecule has 2 heteroatoms. The van der Waals surface area contributed by atoms with Crippen LogP contribution >= 0.6 is 0 Å². The second kappa shape index (κ2) is 5.85. The first kappa shape index (κ1) is 12.9. The fourth-order valence-corrected chi connectivity index (χ4v) is 2.57. The van der Waals surface area contributed by atoms with Gasteiger partial charge in [0.25, 0.3) is 0 Å². The standard InChI is InChI=1S/C16H20O2/c1-12-7-9-13(10-8-12)11-15(16(17)18)14-5-3-2-4-6-14/h3,5,7-10,14-15H,2,4,6,11H2,1H3,(H,17,18). The molecule has 0 amide bonds. The minimum atomic E-state index is -0.674. The van der Waals surface area contributed by atoms with Crippen LogP contribution in [-0.4, -0.2) is 11.1 Å². The van der Waals surface area contributed by atoms with Crippen molar-refractivity contribution in [1.29, 1.82) is 0 Å². The molecule has 1 aromatic rings. The molecule has 1 N–H and O–H groups in total. The lowest BCUT2D eigenvalue weighted by molar-refractivity contribution is -0.143. The highest BCUT2D eigenvalue weighted by molar-refractivity contribution is 5.71. The number of benzene rings is 1. The van der Waals surface area contributed by atoms with Crippen LogP contribution in [0.15, 0.2) is 36.4 Å². The number of hydrogen-bond acceptors (Lipinski definition) is 1. The van der Waals surface area contributed by atoms with Gasteiger partial charge in [-0.15, -0.1) is 0 Å².